The first-order valence-electron chi connectivity index (χ1n) is 5.87. The van der Waals surface area contributed by atoms with Crippen molar-refractivity contribution >= 4 is 5.97 Å². The number of rotatable bonds is 8. The standard InChI is InChI=1S/C12H26N2O2/c1-12(2,10-13)7-5-6-8-14(3)9-11(15)16-4/h5-10,13H2,1-4H3. The van der Waals surface area contributed by atoms with Crippen LogP contribution in [-0.2, 0) is 9.53 Å². The molecule has 0 amide bonds. The van der Waals surface area contributed by atoms with Crippen molar-refractivity contribution in [1.29, 1.82) is 0 Å². The molecule has 0 rings (SSSR count). The van der Waals surface area contributed by atoms with Gasteiger partial charge in [-0.05, 0) is 38.4 Å². The quantitative estimate of drug-likeness (QED) is 0.503. The van der Waals surface area contributed by atoms with E-state index in [9.17, 15) is 4.79 Å². The van der Waals surface area contributed by atoms with Crippen LogP contribution in [0.5, 0.6) is 0 Å². The molecule has 4 heteroatoms. The van der Waals surface area contributed by atoms with E-state index in [4.69, 9.17) is 5.73 Å². The monoisotopic (exact) mass is 230 g/mol. The van der Waals surface area contributed by atoms with E-state index in [1.165, 1.54) is 7.11 Å². The van der Waals surface area contributed by atoms with Crippen LogP contribution >= 0.6 is 0 Å². The van der Waals surface area contributed by atoms with Crippen LogP contribution in [0.4, 0.5) is 0 Å². The molecule has 0 bridgehead atoms. The molecular weight excluding hydrogens is 204 g/mol. The number of likely N-dealkylation sites (N-methyl/N-ethyl adjacent to an activating group) is 1. The fourth-order valence-corrected chi connectivity index (χ4v) is 1.45. The second-order valence-electron chi connectivity index (χ2n) is 5.14. The zero-order valence-corrected chi connectivity index (χ0v) is 11.1. The first kappa shape index (κ1) is 15.4. The van der Waals surface area contributed by atoms with Crippen LogP contribution < -0.4 is 5.73 Å². The van der Waals surface area contributed by atoms with Crippen LogP contribution in [0.3, 0.4) is 0 Å². The summed E-state index contributed by atoms with van der Waals surface area (Å²) in [6.07, 6.45) is 3.38. The van der Waals surface area contributed by atoms with Gasteiger partial charge in [0, 0.05) is 0 Å². The maximum Gasteiger partial charge on any atom is 0.319 e. The minimum Gasteiger partial charge on any atom is -0.468 e. The minimum absolute atomic E-state index is 0.176. The average Bonchev–Trinajstić information content (AvgIpc) is 2.24. The molecule has 0 unspecified atom stereocenters. The Morgan fingerprint density at radius 3 is 2.50 bits per heavy atom. The predicted octanol–water partition coefficient (Wildman–Crippen LogP) is 1.25. The van der Waals surface area contributed by atoms with Crippen molar-refractivity contribution in [2.45, 2.75) is 33.1 Å². The van der Waals surface area contributed by atoms with E-state index in [2.05, 4.69) is 18.6 Å². The Hall–Kier alpha value is -0.610. The lowest BCUT2D eigenvalue weighted by atomic mass is 9.87. The summed E-state index contributed by atoms with van der Waals surface area (Å²) in [5.41, 5.74) is 5.90. The van der Waals surface area contributed by atoms with E-state index >= 15 is 0 Å². The molecule has 0 aliphatic rings. The highest BCUT2D eigenvalue weighted by Crippen LogP contribution is 2.21. The Bertz CT molecular complexity index is 205. The van der Waals surface area contributed by atoms with Crippen LogP contribution in [0.25, 0.3) is 0 Å². The third kappa shape index (κ3) is 7.65. The number of hydrogen-bond donors (Lipinski definition) is 1. The number of unbranched alkanes of at least 4 members (excludes halogenated alkanes) is 1. The Labute approximate surface area is 99.1 Å². The molecule has 0 aliphatic carbocycles. The van der Waals surface area contributed by atoms with Crippen molar-refractivity contribution in [3.8, 4) is 0 Å². The summed E-state index contributed by atoms with van der Waals surface area (Å²) in [6.45, 7) is 6.40. The van der Waals surface area contributed by atoms with Gasteiger partial charge in [-0.3, -0.25) is 9.69 Å². The second kappa shape index (κ2) is 7.63. The number of carbonyl (C=O) groups excluding carboxylic acids is 1. The first-order chi connectivity index (χ1) is 7.41. The number of methoxy groups -OCH3 is 1. The molecule has 2 N–H and O–H groups in total. The van der Waals surface area contributed by atoms with E-state index in [-0.39, 0.29) is 11.4 Å². The zero-order valence-electron chi connectivity index (χ0n) is 11.1. The third-order valence-electron chi connectivity index (χ3n) is 2.82. The van der Waals surface area contributed by atoms with Crippen molar-refractivity contribution in [2.24, 2.45) is 11.1 Å². The molecule has 4 nitrogen and oxygen atoms in total. The number of esters is 1. The summed E-state index contributed by atoms with van der Waals surface area (Å²) in [5, 5.41) is 0. The summed E-state index contributed by atoms with van der Waals surface area (Å²) in [6, 6.07) is 0. The van der Waals surface area contributed by atoms with Crippen molar-refractivity contribution in [2.75, 3.05) is 33.8 Å². The van der Waals surface area contributed by atoms with Gasteiger partial charge in [0.1, 0.15) is 0 Å². The number of nitrogens with zero attached hydrogens (tertiary/aromatic N) is 1. The normalized spacial score (nSPS) is 11.9. The SMILES string of the molecule is COC(=O)CN(C)CCCCC(C)(C)CN. The Morgan fingerprint density at radius 1 is 1.38 bits per heavy atom. The molecule has 0 saturated carbocycles. The van der Waals surface area contributed by atoms with Gasteiger partial charge in [-0.2, -0.15) is 0 Å². The van der Waals surface area contributed by atoms with Gasteiger partial charge in [-0.15, -0.1) is 0 Å². The van der Waals surface area contributed by atoms with Gasteiger partial charge in [0.25, 0.3) is 0 Å². The van der Waals surface area contributed by atoms with Crippen LogP contribution in [0, 0.1) is 5.41 Å². The van der Waals surface area contributed by atoms with Crippen LogP contribution in [0.1, 0.15) is 33.1 Å². The van der Waals surface area contributed by atoms with Crippen molar-refractivity contribution in [3.05, 3.63) is 0 Å². The lowest BCUT2D eigenvalue weighted by molar-refractivity contribution is -0.141. The van der Waals surface area contributed by atoms with Crippen molar-refractivity contribution in [1.82, 2.24) is 4.90 Å². The average molecular weight is 230 g/mol. The molecule has 0 saturated heterocycles. The molecule has 0 spiro atoms. The van der Waals surface area contributed by atoms with Crippen LogP contribution in [0.2, 0.25) is 0 Å². The molecule has 0 aromatic carbocycles. The fourth-order valence-electron chi connectivity index (χ4n) is 1.45. The highest BCUT2D eigenvalue weighted by atomic mass is 16.5. The highest BCUT2D eigenvalue weighted by Gasteiger charge is 2.14. The van der Waals surface area contributed by atoms with E-state index in [0.717, 1.165) is 32.4 Å². The number of carbonyl (C=O) groups is 1. The summed E-state index contributed by atoms with van der Waals surface area (Å²) in [7, 11) is 3.35. The van der Waals surface area contributed by atoms with Gasteiger partial charge >= 0.3 is 5.97 Å². The lowest BCUT2D eigenvalue weighted by Crippen LogP contribution is -2.28. The third-order valence-corrected chi connectivity index (χ3v) is 2.82. The highest BCUT2D eigenvalue weighted by molar-refractivity contribution is 5.71. The molecule has 16 heavy (non-hydrogen) atoms. The molecule has 0 heterocycles. The van der Waals surface area contributed by atoms with Crippen molar-refractivity contribution < 1.29 is 9.53 Å². The largest absolute Gasteiger partial charge is 0.468 e. The maximum atomic E-state index is 11.0. The van der Waals surface area contributed by atoms with Gasteiger partial charge < -0.3 is 10.5 Å². The summed E-state index contributed by atoms with van der Waals surface area (Å²) >= 11 is 0. The molecule has 0 aromatic rings. The van der Waals surface area contributed by atoms with E-state index in [0.29, 0.717) is 6.54 Å². The lowest BCUT2D eigenvalue weighted by Gasteiger charge is -2.22. The van der Waals surface area contributed by atoms with Gasteiger partial charge in [-0.25, -0.2) is 0 Å². The van der Waals surface area contributed by atoms with Gasteiger partial charge in [-0.1, -0.05) is 20.3 Å². The molecule has 0 aliphatic heterocycles. The molecule has 0 atom stereocenters. The minimum atomic E-state index is -0.176. The van der Waals surface area contributed by atoms with Crippen LogP contribution in [-0.4, -0.2) is 44.7 Å². The molecule has 0 fully saturated rings. The first-order valence-corrected chi connectivity index (χ1v) is 5.87. The summed E-state index contributed by atoms with van der Waals surface area (Å²) in [5.74, 6) is -0.176. The molecule has 0 aromatic heterocycles. The van der Waals surface area contributed by atoms with Gasteiger partial charge in [0.15, 0.2) is 0 Å². The smallest absolute Gasteiger partial charge is 0.319 e. The fraction of sp³-hybridized carbons (Fsp3) is 0.917. The van der Waals surface area contributed by atoms with Crippen LogP contribution in [0.15, 0.2) is 0 Å². The number of ether oxygens (including phenoxy) is 1. The Morgan fingerprint density at radius 2 is 2.00 bits per heavy atom. The van der Waals surface area contributed by atoms with Gasteiger partial charge in [0.05, 0.1) is 13.7 Å². The number of nitrogens with two attached hydrogens (primary N) is 1. The topological polar surface area (TPSA) is 55.6 Å². The van der Waals surface area contributed by atoms with Crippen molar-refractivity contribution in [3.63, 3.8) is 0 Å². The van der Waals surface area contributed by atoms with E-state index < -0.39 is 0 Å². The predicted molar refractivity (Wildman–Crippen MR) is 66.2 cm³/mol. The summed E-state index contributed by atoms with van der Waals surface area (Å²) < 4.78 is 4.60. The van der Waals surface area contributed by atoms with E-state index in [1.807, 2.05) is 11.9 Å². The molecule has 0 radical (unpaired) electrons. The zero-order chi connectivity index (χ0) is 12.6. The molecule has 96 valence electrons. The molecular formula is C12H26N2O2. The van der Waals surface area contributed by atoms with E-state index in [1.54, 1.807) is 0 Å². The number of hydrogen-bond acceptors (Lipinski definition) is 4. The second-order valence-corrected chi connectivity index (χ2v) is 5.14. The van der Waals surface area contributed by atoms with Gasteiger partial charge in [0.2, 0.25) is 0 Å². The Kier molecular flexibility index (Phi) is 7.34. The maximum absolute atomic E-state index is 11.0. The Balaban J connectivity index is 3.55. The summed E-state index contributed by atoms with van der Waals surface area (Å²) in [4.78, 5) is 13.0.